The molecule has 1 aromatic rings. The first kappa shape index (κ1) is 14.0. The molecule has 0 fully saturated rings. The summed E-state index contributed by atoms with van der Waals surface area (Å²) >= 11 is 0. The number of aliphatic hydroxyl groups is 1. The predicted octanol–water partition coefficient (Wildman–Crippen LogP) is 2.78. The average molecular weight is 282 g/mol. The molecule has 1 atom stereocenters. The van der Waals surface area contributed by atoms with E-state index in [1.165, 1.54) is 14.2 Å². The van der Waals surface area contributed by atoms with Crippen LogP contribution in [0.5, 0.6) is 0 Å². The molecule has 1 aliphatic carbocycles. The quantitative estimate of drug-likeness (QED) is 0.860. The molecule has 2 rings (SSSR count). The fourth-order valence-corrected chi connectivity index (χ4v) is 4.34. The monoisotopic (exact) mass is 282 g/mol. The maximum atomic E-state index is 12.8. The Bertz CT molecular complexity index is 558. The molecule has 0 bridgehead atoms. The molecule has 5 nitrogen and oxygen atoms in total. The minimum atomic E-state index is -3.71. The molecule has 1 aromatic carbocycles. The van der Waals surface area contributed by atoms with Crippen molar-refractivity contribution < 1.29 is 23.5 Å². The van der Waals surface area contributed by atoms with Gasteiger partial charge < -0.3 is 14.2 Å². The van der Waals surface area contributed by atoms with Crippen molar-refractivity contribution in [3.63, 3.8) is 0 Å². The second-order valence-corrected chi connectivity index (χ2v) is 6.75. The average Bonchev–Trinajstić information content (AvgIpc) is 2.75. The molecule has 0 heterocycles. The number of rotatable bonds is 4. The van der Waals surface area contributed by atoms with Crippen molar-refractivity contribution in [2.45, 2.75) is 11.6 Å². The molecule has 6 heteroatoms. The Morgan fingerprint density at radius 2 is 1.79 bits per heavy atom. The third kappa shape index (κ3) is 1.94. The first-order chi connectivity index (χ1) is 9.00. The number of hydrogen-bond acceptors (Lipinski definition) is 5. The van der Waals surface area contributed by atoms with Gasteiger partial charge in [-0.1, -0.05) is 30.3 Å². The lowest BCUT2D eigenvalue weighted by atomic mass is 9.96. The summed E-state index contributed by atoms with van der Waals surface area (Å²) in [7, 11) is -1.23. The Morgan fingerprint density at radius 3 is 2.21 bits per heavy atom. The summed E-state index contributed by atoms with van der Waals surface area (Å²) in [6.07, 6.45) is 0.944. The van der Waals surface area contributed by atoms with E-state index in [0.717, 1.165) is 6.08 Å². The van der Waals surface area contributed by atoms with E-state index in [1.54, 1.807) is 30.3 Å². The summed E-state index contributed by atoms with van der Waals surface area (Å²) in [6, 6.07) is 8.64. The molecule has 19 heavy (non-hydrogen) atoms. The zero-order valence-corrected chi connectivity index (χ0v) is 11.6. The van der Waals surface area contributed by atoms with E-state index in [4.69, 9.17) is 9.05 Å². The first-order valence-corrected chi connectivity index (χ1v) is 7.25. The standard InChI is InChI=1S/C13H15O5P/c1-17-19(16,18-2)13(9-11(14)8-12(13)15)10-6-4-3-5-7-10/h3-8,15H,9H2,1-2H3. The molecule has 1 N–H and O–H groups in total. The Kier molecular flexibility index (Phi) is 3.63. The summed E-state index contributed by atoms with van der Waals surface area (Å²) in [6.45, 7) is 0. The predicted molar refractivity (Wildman–Crippen MR) is 70.1 cm³/mol. The van der Waals surface area contributed by atoms with Crippen molar-refractivity contribution in [2.75, 3.05) is 14.2 Å². The van der Waals surface area contributed by atoms with E-state index in [0.29, 0.717) is 5.56 Å². The van der Waals surface area contributed by atoms with Gasteiger partial charge in [0.15, 0.2) is 10.9 Å². The Labute approximate surface area is 111 Å². The minimum absolute atomic E-state index is 0.137. The van der Waals surface area contributed by atoms with Crippen molar-refractivity contribution in [2.24, 2.45) is 0 Å². The van der Waals surface area contributed by atoms with Gasteiger partial charge in [0.05, 0.1) is 0 Å². The summed E-state index contributed by atoms with van der Waals surface area (Å²) < 4.78 is 22.9. The fourth-order valence-electron chi connectivity index (χ4n) is 2.41. The molecule has 102 valence electrons. The van der Waals surface area contributed by atoms with Gasteiger partial charge >= 0.3 is 7.60 Å². The van der Waals surface area contributed by atoms with E-state index in [-0.39, 0.29) is 18.0 Å². The normalized spacial score (nSPS) is 23.5. The van der Waals surface area contributed by atoms with Crippen molar-refractivity contribution in [1.29, 1.82) is 0 Å². The lowest BCUT2D eigenvalue weighted by molar-refractivity contribution is -0.114. The second kappa shape index (κ2) is 4.93. The van der Waals surface area contributed by atoms with Crippen LogP contribution < -0.4 is 0 Å². The molecule has 0 aromatic heterocycles. The van der Waals surface area contributed by atoms with Gasteiger partial charge in [0.1, 0.15) is 5.76 Å². The van der Waals surface area contributed by atoms with Gasteiger partial charge in [-0.25, -0.2) is 0 Å². The number of ketones is 1. The van der Waals surface area contributed by atoms with Crippen LogP contribution >= 0.6 is 7.60 Å². The van der Waals surface area contributed by atoms with E-state index in [2.05, 4.69) is 0 Å². The molecule has 0 saturated heterocycles. The van der Waals surface area contributed by atoms with Gasteiger partial charge in [-0.3, -0.25) is 9.36 Å². The molecule has 0 aliphatic heterocycles. The van der Waals surface area contributed by atoms with Gasteiger partial charge in [-0.05, 0) is 5.56 Å². The smallest absolute Gasteiger partial charge is 0.348 e. The SMILES string of the molecule is COP(=O)(OC)C1(c2ccccc2)CC(=O)C=C1O. The number of benzene rings is 1. The number of hydrogen-bond donors (Lipinski definition) is 1. The lowest BCUT2D eigenvalue weighted by Gasteiger charge is -2.34. The second-order valence-electron chi connectivity index (χ2n) is 4.26. The van der Waals surface area contributed by atoms with Crippen molar-refractivity contribution in [1.82, 2.24) is 0 Å². The Morgan fingerprint density at radius 1 is 1.21 bits per heavy atom. The maximum Gasteiger partial charge on any atom is 0.348 e. The van der Waals surface area contributed by atoms with E-state index >= 15 is 0 Å². The molecular formula is C13H15O5P. The van der Waals surface area contributed by atoms with E-state index in [1.807, 2.05) is 0 Å². The molecule has 0 radical (unpaired) electrons. The van der Waals surface area contributed by atoms with Gasteiger partial charge in [0.2, 0.25) is 0 Å². The highest BCUT2D eigenvalue weighted by molar-refractivity contribution is 7.55. The third-order valence-electron chi connectivity index (χ3n) is 3.35. The molecular weight excluding hydrogens is 267 g/mol. The van der Waals surface area contributed by atoms with Crippen LogP contribution in [0.15, 0.2) is 42.2 Å². The van der Waals surface area contributed by atoms with Crippen LogP contribution in [0.1, 0.15) is 12.0 Å². The summed E-state index contributed by atoms with van der Waals surface area (Å²) in [5.41, 5.74) is 0.529. The van der Waals surface area contributed by atoms with Gasteiger partial charge in [0.25, 0.3) is 0 Å². The zero-order chi connectivity index (χ0) is 14.1. The largest absolute Gasteiger partial charge is 0.511 e. The van der Waals surface area contributed by atoms with Gasteiger partial charge in [-0.2, -0.15) is 0 Å². The Hall–Kier alpha value is -1.42. The fraction of sp³-hybridized carbons (Fsp3) is 0.308. The zero-order valence-electron chi connectivity index (χ0n) is 10.7. The van der Waals surface area contributed by atoms with Crippen molar-refractivity contribution in [3.05, 3.63) is 47.7 Å². The molecule has 0 saturated carbocycles. The summed E-state index contributed by atoms with van der Waals surface area (Å²) in [4.78, 5) is 11.7. The molecule has 0 amide bonds. The summed E-state index contributed by atoms with van der Waals surface area (Å²) in [5, 5.41) is 8.72. The first-order valence-electron chi connectivity index (χ1n) is 5.71. The van der Waals surface area contributed by atoms with Crippen LogP contribution in [0.25, 0.3) is 0 Å². The van der Waals surface area contributed by atoms with Crippen molar-refractivity contribution >= 4 is 13.4 Å². The van der Waals surface area contributed by atoms with Crippen molar-refractivity contribution in [3.8, 4) is 0 Å². The highest BCUT2D eigenvalue weighted by atomic mass is 31.2. The minimum Gasteiger partial charge on any atom is -0.511 e. The van der Waals surface area contributed by atoms with Crippen LogP contribution in [0.4, 0.5) is 0 Å². The number of allylic oxidation sites excluding steroid dienone is 2. The van der Waals surface area contributed by atoms with Crippen LogP contribution in [0, 0.1) is 0 Å². The van der Waals surface area contributed by atoms with E-state index in [9.17, 15) is 14.5 Å². The van der Waals surface area contributed by atoms with E-state index < -0.39 is 12.8 Å². The van der Waals surface area contributed by atoms with Crippen LogP contribution in [0.3, 0.4) is 0 Å². The third-order valence-corrected chi connectivity index (χ3v) is 5.89. The van der Waals surface area contributed by atoms with Crippen LogP contribution in [0.2, 0.25) is 0 Å². The van der Waals surface area contributed by atoms with Gasteiger partial charge in [0, 0.05) is 26.7 Å². The number of carbonyl (C=O) groups is 1. The van der Waals surface area contributed by atoms with Crippen LogP contribution in [-0.4, -0.2) is 25.1 Å². The number of carbonyl (C=O) groups excluding carboxylic acids is 1. The lowest BCUT2D eigenvalue weighted by Crippen LogP contribution is -2.28. The molecule has 1 aliphatic rings. The Balaban J connectivity index is 2.70. The summed E-state index contributed by atoms with van der Waals surface area (Å²) in [5.74, 6) is -0.591. The van der Waals surface area contributed by atoms with Gasteiger partial charge in [-0.15, -0.1) is 0 Å². The van der Waals surface area contributed by atoms with Crippen LogP contribution in [-0.2, 0) is 23.6 Å². The highest BCUT2D eigenvalue weighted by Gasteiger charge is 2.58. The molecule has 1 unspecified atom stereocenters. The topological polar surface area (TPSA) is 72.8 Å². The molecule has 0 spiro atoms. The maximum absolute atomic E-state index is 12.8. The number of aliphatic hydroxyl groups excluding tert-OH is 1. The highest BCUT2D eigenvalue weighted by Crippen LogP contribution is 2.69.